The lowest BCUT2D eigenvalue weighted by Crippen LogP contribution is -2.47. The number of hydrogen-bond acceptors (Lipinski definition) is 3. The van der Waals surface area contributed by atoms with E-state index in [9.17, 15) is 4.79 Å². The third-order valence-corrected chi connectivity index (χ3v) is 7.88. The Balaban J connectivity index is 2.50. The van der Waals surface area contributed by atoms with Crippen molar-refractivity contribution in [2.45, 2.75) is 59.1 Å². The lowest BCUT2D eigenvalue weighted by Gasteiger charge is -2.31. The molecule has 1 heterocycles. The van der Waals surface area contributed by atoms with Crippen LogP contribution >= 0.6 is 0 Å². The Bertz CT molecular complexity index is 647. The van der Waals surface area contributed by atoms with Crippen molar-refractivity contribution in [1.82, 2.24) is 0 Å². The Hall–Kier alpha value is -1.00. The molecule has 3 nitrogen and oxygen atoms in total. The predicted octanol–water partition coefficient (Wildman–Crippen LogP) is 4.55. The molecule has 0 aromatic heterocycles. The molecule has 1 aromatic rings. The predicted molar refractivity (Wildman–Crippen MR) is 112 cm³/mol. The van der Waals surface area contributed by atoms with E-state index in [1.54, 1.807) is 7.11 Å². The summed E-state index contributed by atoms with van der Waals surface area (Å²) in [7, 11) is 1.78. The van der Waals surface area contributed by atoms with Crippen LogP contribution in [0.3, 0.4) is 0 Å². The molecule has 1 fully saturated rings. The highest BCUT2D eigenvalue weighted by Crippen LogP contribution is 2.37. The average Bonchev–Trinajstić information content (AvgIpc) is 2.53. The summed E-state index contributed by atoms with van der Waals surface area (Å²) in [5.74, 6) is 3.16. The third kappa shape index (κ3) is 4.64. The summed E-state index contributed by atoms with van der Waals surface area (Å²) in [5.41, 5.74) is 2.82. The number of ketones is 1. The van der Waals surface area contributed by atoms with Crippen molar-refractivity contribution in [2.75, 3.05) is 31.8 Å². The van der Waals surface area contributed by atoms with Gasteiger partial charge < -0.3 is 9.47 Å². The van der Waals surface area contributed by atoms with Crippen LogP contribution in [0.25, 0.3) is 0 Å². The van der Waals surface area contributed by atoms with Crippen LogP contribution in [0.4, 0.5) is 0 Å². The van der Waals surface area contributed by atoms with E-state index in [2.05, 4.69) is 47.6 Å². The largest absolute Gasteiger partial charge is 0.496 e. The van der Waals surface area contributed by atoms with Gasteiger partial charge in [-0.15, -0.1) is 0 Å². The van der Waals surface area contributed by atoms with Crippen molar-refractivity contribution in [3.63, 3.8) is 0 Å². The Morgan fingerprint density at radius 1 is 1.12 bits per heavy atom. The molecule has 2 rings (SSSR count). The SMILES string of the molecule is COc1c(C)cc(C(=O)C([S+]2CCOCC2)C(C)(C)C)cc1C(C)(C)C. The third-order valence-electron chi connectivity index (χ3n) is 4.91. The van der Waals surface area contributed by atoms with Gasteiger partial charge in [-0.2, -0.15) is 0 Å². The monoisotopic (exact) mass is 379 g/mol. The van der Waals surface area contributed by atoms with Crippen molar-refractivity contribution >= 4 is 16.7 Å². The molecule has 0 N–H and O–H groups in total. The standard InChI is InChI=1S/C22H35O3S/c1-15-13-16(14-17(19(15)24-8)21(2,3)4)18(23)20(22(5,6)7)26-11-9-25-10-12-26/h13-14,20H,9-12H2,1-8H3/q+1. The molecule has 0 radical (unpaired) electrons. The van der Waals surface area contributed by atoms with E-state index >= 15 is 0 Å². The van der Waals surface area contributed by atoms with Gasteiger partial charge in [0.2, 0.25) is 5.78 Å². The zero-order valence-corrected chi connectivity index (χ0v) is 18.5. The fourth-order valence-electron chi connectivity index (χ4n) is 3.71. The molecule has 0 spiro atoms. The first kappa shape index (κ1) is 21.3. The second-order valence-electron chi connectivity index (χ2n) is 9.29. The molecule has 1 unspecified atom stereocenters. The lowest BCUT2D eigenvalue weighted by molar-refractivity contribution is 0.0946. The van der Waals surface area contributed by atoms with Crippen LogP contribution in [-0.4, -0.2) is 42.9 Å². The lowest BCUT2D eigenvalue weighted by atomic mass is 9.81. The van der Waals surface area contributed by atoms with Gasteiger partial charge in [0.25, 0.3) is 0 Å². The minimum Gasteiger partial charge on any atom is -0.496 e. The molecule has 0 amide bonds. The van der Waals surface area contributed by atoms with Gasteiger partial charge in [0.15, 0.2) is 5.25 Å². The highest BCUT2D eigenvalue weighted by Gasteiger charge is 2.46. The Kier molecular flexibility index (Phi) is 6.50. The number of aryl methyl sites for hydroxylation is 1. The normalized spacial score (nSPS) is 17.8. The van der Waals surface area contributed by atoms with Gasteiger partial charge in [-0.3, -0.25) is 4.79 Å². The minimum atomic E-state index is -0.0788. The summed E-state index contributed by atoms with van der Waals surface area (Å²) in [6.45, 7) is 16.7. The summed E-state index contributed by atoms with van der Waals surface area (Å²) in [6.07, 6.45) is 0. The number of rotatable bonds is 4. The van der Waals surface area contributed by atoms with E-state index in [4.69, 9.17) is 9.47 Å². The fraction of sp³-hybridized carbons (Fsp3) is 0.682. The van der Waals surface area contributed by atoms with E-state index < -0.39 is 0 Å². The molecule has 0 aliphatic carbocycles. The number of carbonyl (C=O) groups excluding carboxylic acids is 1. The second kappa shape index (κ2) is 7.93. The van der Waals surface area contributed by atoms with Crippen molar-refractivity contribution in [3.05, 3.63) is 28.8 Å². The highest BCUT2D eigenvalue weighted by atomic mass is 32.2. The first-order chi connectivity index (χ1) is 12.0. The molecule has 1 aliphatic heterocycles. The summed E-state index contributed by atoms with van der Waals surface area (Å²) < 4.78 is 11.2. The Labute approximate surface area is 162 Å². The van der Waals surface area contributed by atoms with Gasteiger partial charge in [0.05, 0.1) is 20.3 Å². The van der Waals surface area contributed by atoms with E-state index in [-0.39, 0.29) is 32.8 Å². The van der Waals surface area contributed by atoms with Gasteiger partial charge in [-0.1, -0.05) is 41.5 Å². The van der Waals surface area contributed by atoms with Gasteiger partial charge in [0.1, 0.15) is 17.3 Å². The van der Waals surface area contributed by atoms with Crippen LogP contribution in [0.15, 0.2) is 12.1 Å². The van der Waals surface area contributed by atoms with Gasteiger partial charge in [-0.25, -0.2) is 0 Å². The maximum absolute atomic E-state index is 13.6. The topological polar surface area (TPSA) is 35.5 Å². The highest BCUT2D eigenvalue weighted by molar-refractivity contribution is 7.98. The number of ether oxygens (including phenoxy) is 2. The van der Waals surface area contributed by atoms with Gasteiger partial charge in [-0.05, 0) is 30.0 Å². The molecule has 1 atom stereocenters. The summed E-state index contributed by atoms with van der Waals surface area (Å²) in [6, 6.07) is 4.08. The first-order valence-corrected chi connectivity index (χ1v) is 11.1. The number of methoxy groups -OCH3 is 1. The quantitative estimate of drug-likeness (QED) is 0.569. The van der Waals surface area contributed by atoms with E-state index in [1.807, 2.05) is 13.0 Å². The minimum absolute atomic E-state index is 0.0343. The molecule has 1 aliphatic rings. The maximum atomic E-state index is 13.6. The first-order valence-electron chi connectivity index (χ1n) is 9.44. The molecule has 4 heteroatoms. The maximum Gasteiger partial charge on any atom is 0.215 e. The summed E-state index contributed by atoms with van der Waals surface area (Å²) in [5, 5.41) is 0.0343. The second-order valence-corrected chi connectivity index (χ2v) is 11.7. The zero-order valence-electron chi connectivity index (χ0n) is 17.7. The molecule has 146 valence electrons. The van der Waals surface area contributed by atoms with Crippen LogP contribution in [0, 0.1) is 12.3 Å². The molecule has 0 bridgehead atoms. The van der Waals surface area contributed by atoms with Crippen molar-refractivity contribution in [3.8, 4) is 5.75 Å². The number of benzene rings is 1. The smallest absolute Gasteiger partial charge is 0.215 e. The Morgan fingerprint density at radius 2 is 1.69 bits per heavy atom. The van der Waals surface area contributed by atoms with Crippen LogP contribution in [-0.2, 0) is 21.0 Å². The molecular formula is C22H35O3S+. The molecule has 26 heavy (non-hydrogen) atoms. The zero-order chi connectivity index (χ0) is 19.7. The molecule has 0 saturated carbocycles. The van der Waals surface area contributed by atoms with Crippen molar-refractivity contribution < 1.29 is 14.3 Å². The van der Waals surface area contributed by atoms with Gasteiger partial charge >= 0.3 is 0 Å². The number of carbonyl (C=O) groups is 1. The van der Waals surface area contributed by atoms with E-state index in [0.29, 0.717) is 0 Å². The average molecular weight is 380 g/mol. The molecule has 1 saturated heterocycles. The summed E-state index contributed by atoms with van der Waals surface area (Å²) in [4.78, 5) is 13.6. The van der Waals surface area contributed by atoms with Crippen LogP contribution in [0.2, 0.25) is 0 Å². The fourth-order valence-corrected chi connectivity index (χ4v) is 6.49. The summed E-state index contributed by atoms with van der Waals surface area (Å²) >= 11 is 0. The number of hydrogen-bond donors (Lipinski definition) is 0. The van der Waals surface area contributed by atoms with Crippen LogP contribution < -0.4 is 4.74 Å². The van der Waals surface area contributed by atoms with Crippen LogP contribution in [0.5, 0.6) is 5.75 Å². The molecular weight excluding hydrogens is 344 g/mol. The van der Waals surface area contributed by atoms with Crippen molar-refractivity contribution in [2.24, 2.45) is 5.41 Å². The van der Waals surface area contributed by atoms with Gasteiger partial charge in [0, 0.05) is 27.4 Å². The van der Waals surface area contributed by atoms with Crippen molar-refractivity contribution in [1.29, 1.82) is 0 Å². The van der Waals surface area contributed by atoms with Crippen LogP contribution in [0.1, 0.15) is 63.0 Å². The molecule has 1 aromatic carbocycles. The van der Waals surface area contributed by atoms with E-state index in [1.165, 1.54) is 0 Å². The Morgan fingerprint density at radius 3 is 2.15 bits per heavy atom. The van der Waals surface area contributed by atoms with E-state index in [0.717, 1.165) is 47.2 Å². The number of Topliss-reactive ketones (excluding diaryl/α,β-unsaturated/α-hetero) is 1.